The van der Waals surface area contributed by atoms with Crippen LogP contribution >= 0.6 is 0 Å². The molecule has 1 N–H and O–H groups in total. The Morgan fingerprint density at radius 3 is 2.41 bits per heavy atom. The molecule has 1 aliphatic rings. The number of halogens is 3. The van der Waals surface area contributed by atoms with Crippen LogP contribution in [0.2, 0.25) is 0 Å². The van der Waals surface area contributed by atoms with E-state index in [-0.39, 0.29) is 23.5 Å². The number of alkyl halides is 3. The summed E-state index contributed by atoms with van der Waals surface area (Å²) in [7, 11) is 2.86. The third-order valence-electron chi connectivity index (χ3n) is 4.07. The van der Waals surface area contributed by atoms with Crippen LogP contribution in [0.1, 0.15) is 15.9 Å². The van der Waals surface area contributed by atoms with Crippen LogP contribution in [0.25, 0.3) is 0 Å². The highest BCUT2D eigenvalue weighted by Crippen LogP contribution is 2.38. The van der Waals surface area contributed by atoms with Crippen molar-refractivity contribution in [3.05, 3.63) is 47.5 Å². The number of benzene rings is 2. The number of fused-ring (bicyclic) bond motifs is 1. The molecule has 6 nitrogen and oxygen atoms in total. The van der Waals surface area contributed by atoms with Gasteiger partial charge in [-0.05, 0) is 36.4 Å². The van der Waals surface area contributed by atoms with Gasteiger partial charge in [-0.25, -0.2) is 0 Å². The second kappa shape index (κ2) is 6.82. The van der Waals surface area contributed by atoms with Crippen LogP contribution in [0.4, 0.5) is 24.5 Å². The molecule has 1 heterocycles. The van der Waals surface area contributed by atoms with Crippen molar-refractivity contribution in [2.75, 3.05) is 31.0 Å². The summed E-state index contributed by atoms with van der Waals surface area (Å²) in [5.74, 6) is -0.402. The Kier molecular flexibility index (Phi) is 4.69. The molecule has 0 unspecified atom stereocenters. The van der Waals surface area contributed by atoms with Gasteiger partial charge in [-0.15, -0.1) is 0 Å². The molecule has 2 amide bonds. The summed E-state index contributed by atoms with van der Waals surface area (Å²) in [6.07, 6.45) is -4.56. The highest BCUT2D eigenvalue weighted by Gasteiger charge is 2.34. The summed E-state index contributed by atoms with van der Waals surface area (Å²) >= 11 is 0. The van der Waals surface area contributed by atoms with E-state index in [2.05, 4.69) is 5.32 Å². The second-order valence-electron chi connectivity index (χ2n) is 5.74. The molecule has 2 aromatic rings. The first-order valence-corrected chi connectivity index (χ1v) is 7.79. The van der Waals surface area contributed by atoms with E-state index >= 15 is 0 Å². The van der Waals surface area contributed by atoms with Crippen LogP contribution in [-0.4, -0.2) is 32.6 Å². The summed E-state index contributed by atoms with van der Waals surface area (Å²) in [5, 5.41) is 2.37. The van der Waals surface area contributed by atoms with E-state index in [1.54, 1.807) is 0 Å². The minimum Gasteiger partial charge on any atom is -0.493 e. The zero-order chi connectivity index (χ0) is 19.8. The molecule has 0 radical (unpaired) electrons. The Morgan fingerprint density at radius 1 is 1.07 bits per heavy atom. The normalized spacial score (nSPS) is 13.7. The molecule has 0 spiro atoms. The minimum absolute atomic E-state index is 0.0742. The Labute approximate surface area is 152 Å². The van der Waals surface area contributed by atoms with E-state index in [1.165, 1.54) is 32.4 Å². The number of ether oxygens (including phenoxy) is 2. The quantitative estimate of drug-likeness (QED) is 0.887. The zero-order valence-corrected chi connectivity index (χ0v) is 14.4. The summed E-state index contributed by atoms with van der Waals surface area (Å²) in [4.78, 5) is 25.9. The topological polar surface area (TPSA) is 67.9 Å². The number of amides is 2. The predicted octanol–water partition coefficient (Wildman–Crippen LogP) is 3.32. The Bertz CT molecular complexity index is 912. The van der Waals surface area contributed by atoms with E-state index < -0.39 is 23.6 Å². The van der Waals surface area contributed by atoms with Crippen LogP contribution in [0.5, 0.6) is 11.5 Å². The summed E-state index contributed by atoms with van der Waals surface area (Å²) < 4.78 is 49.0. The first-order valence-electron chi connectivity index (χ1n) is 7.79. The Morgan fingerprint density at radius 2 is 1.78 bits per heavy atom. The molecule has 9 heteroatoms. The van der Waals surface area contributed by atoms with Gasteiger partial charge in [-0.1, -0.05) is 0 Å². The van der Waals surface area contributed by atoms with Crippen LogP contribution in [-0.2, 0) is 11.0 Å². The van der Waals surface area contributed by atoms with E-state index in [0.717, 1.165) is 23.1 Å². The molecule has 3 rings (SSSR count). The van der Waals surface area contributed by atoms with Gasteiger partial charge in [0.2, 0.25) is 5.91 Å². The lowest BCUT2D eigenvalue weighted by atomic mass is 10.1. The van der Waals surface area contributed by atoms with Crippen molar-refractivity contribution in [3.8, 4) is 11.5 Å². The van der Waals surface area contributed by atoms with Crippen molar-refractivity contribution in [1.82, 2.24) is 0 Å². The van der Waals surface area contributed by atoms with Crippen LogP contribution in [0, 0.1) is 0 Å². The number of methoxy groups -OCH3 is 2. The third-order valence-corrected chi connectivity index (χ3v) is 4.07. The second-order valence-corrected chi connectivity index (χ2v) is 5.74. The number of nitrogens with one attached hydrogen (secondary N) is 1. The molecule has 0 atom stereocenters. The van der Waals surface area contributed by atoms with Gasteiger partial charge in [0, 0.05) is 5.56 Å². The van der Waals surface area contributed by atoms with Crippen LogP contribution in [0.15, 0.2) is 36.4 Å². The number of rotatable bonds is 3. The molecule has 0 saturated carbocycles. The number of hydrogen-bond donors (Lipinski definition) is 1. The van der Waals surface area contributed by atoms with Crippen LogP contribution < -0.4 is 19.7 Å². The maximum absolute atomic E-state index is 12.9. The van der Waals surface area contributed by atoms with Gasteiger partial charge in [0.25, 0.3) is 5.91 Å². The van der Waals surface area contributed by atoms with Crippen molar-refractivity contribution in [3.63, 3.8) is 0 Å². The lowest BCUT2D eigenvalue weighted by Crippen LogP contribution is -2.42. The fraction of sp³-hybridized carbons (Fsp3) is 0.222. The van der Waals surface area contributed by atoms with Gasteiger partial charge in [0.05, 0.1) is 31.2 Å². The Hall–Kier alpha value is -3.23. The summed E-state index contributed by atoms with van der Waals surface area (Å²) in [5.41, 5.74) is -0.604. The predicted molar refractivity (Wildman–Crippen MR) is 91.3 cm³/mol. The van der Waals surface area contributed by atoms with E-state index in [1.807, 2.05) is 0 Å². The SMILES string of the molecule is COc1ccc(C(=O)N2CC(=O)Nc3cc(C(F)(F)F)ccc32)cc1OC. The number of carbonyl (C=O) groups excluding carboxylic acids is 2. The largest absolute Gasteiger partial charge is 0.493 e. The first-order chi connectivity index (χ1) is 12.7. The van der Waals surface area contributed by atoms with E-state index in [0.29, 0.717) is 11.5 Å². The number of carbonyl (C=O) groups is 2. The molecule has 2 aromatic carbocycles. The molecule has 0 saturated heterocycles. The summed E-state index contributed by atoms with van der Waals surface area (Å²) in [6.45, 7) is -0.314. The maximum Gasteiger partial charge on any atom is 0.416 e. The minimum atomic E-state index is -4.56. The molecular formula is C18H15F3N2O4. The van der Waals surface area contributed by atoms with Crippen molar-refractivity contribution in [1.29, 1.82) is 0 Å². The maximum atomic E-state index is 12.9. The highest BCUT2D eigenvalue weighted by molar-refractivity contribution is 6.15. The zero-order valence-electron chi connectivity index (χ0n) is 14.4. The smallest absolute Gasteiger partial charge is 0.416 e. The van der Waals surface area contributed by atoms with Gasteiger partial charge in [0.1, 0.15) is 6.54 Å². The lowest BCUT2D eigenvalue weighted by Gasteiger charge is -2.30. The van der Waals surface area contributed by atoms with Crippen molar-refractivity contribution < 1.29 is 32.2 Å². The van der Waals surface area contributed by atoms with Gasteiger partial charge >= 0.3 is 6.18 Å². The number of nitrogens with zero attached hydrogens (tertiary/aromatic N) is 1. The molecular weight excluding hydrogens is 365 g/mol. The Balaban J connectivity index is 2.01. The molecule has 0 aliphatic carbocycles. The average molecular weight is 380 g/mol. The van der Waals surface area contributed by atoms with E-state index in [9.17, 15) is 22.8 Å². The number of anilines is 2. The molecule has 0 fully saturated rings. The van der Waals surface area contributed by atoms with Gasteiger partial charge in [-0.2, -0.15) is 13.2 Å². The van der Waals surface area contributed by atoms with E-state index in [4.69, 9.17) is 9.47 Å². The highest BCUT2D eigenvalue weighted by atomic mass is 19.4. The molecule has 27 heavy (non-hydrogen) atoms. The molecule has 142 valence electrons. The first kappa shape index (κ1) is 18.6. The van der Waals surface area contributed by atoms with Gasteiger partial charge in [-0.3, -0.25) is 14.5 Å². The van der Waals surface area contributed by atoms with Crippen molar-refractivity contribution in [2.24, 2.45) is 0 Å². The van der Waals surface area contributed by atoms with Gasteiger partial charge in [0.15, 0.2) is 11.5 Å². The standard InChI is InChI=1S/C18H15F3N2O4/c1-26-14-6-3-10(7-15(14)27-2)17(25)23-9-16(24)22-12-8-11(18(19,20)21)4-5-13(12)23/h3-8H,9H2,1-2H3,(H,22,24). The average Bonchev–Trinajstić information content (AvgIpc) is 2.64. The molecule has 1 aliphatic heterocycles. The van der Waals surface area contributed by atoms with Crippen molar-refractivity contribution >= 4 is 23.2 Å². The molecule has 0 bridgehead atoms. The van der Waals surface area contributed by atoms with Gasteiger partial charge < -0.3 is 14.8 Å². The lowest BCUT2D eigenvalue weighted by molar-refractivity contribution is -0.137. The van der Waals surface area contributed by atoms with Crippen molar-refractivity contribution in [2.45, 2.75) is 6.18 Å². The number of hydrogen-bond acceptors (Lipinski definition) is 4. The molecule has 0 aromatic heterocycles. The fourth-order valence-corrected chi connectivity index (χ4v) is 2.77. The van der Waals surface area contributed by atoms with Crippen LogP contribution in [0.3, 0.4) is 0 Å². The monoisotopic (exact) mass is 380 g/mol. The third kappa shape index (κ3) is 3.53. The summed E-state index contributed by atoms with van der Waals surface area (Å²) in [6, 6.07) is 7.30. The fourth-order valence-electron chi connectivity index (χ4n) is 2.77.